The summed E-state index contributed by atoms with van der Waals surface area (Å²) in [6.07, 6.45) is 0.0770. The van der Waals surface area contributed by atoms with Crippen LogP contribution in [0.5, 0.6) is 0 Å². The Kier molecular flexibility index (Phi) is 4.32. The Morgan fingerprint density at radius 1 is 1.38 bits per heavy atom. The summed E-state index contributed by atoms with van der Waals surface area (Å²) in [5.74, 6) is -0.847. The van der Waals surface area contributed by atoms with E-state index in [4.69, 9.17) is 5.73 Å². The van der Waals surface area contributed by atoms with Crippen LogP contribution in [0.2, 0.25) is 0 Å². The average molecular weight is 290 g/mol. The van der Waals surface area contributed by atoms with Crippen molar-refractivity contribution in [3.63, 3.8) is 0 Å². The molecule has 0 atom stereocenters. The minimum atomic E-state index is -0.538. The van der Waals surface area contributed by atoms with E-state index in [1.165, 1.54) is 28.9 Å². The Labute approximate surface area is 120 Å². The van der Waals surface area contributed by atoms with E-state index in [1.54, 1.807) is 13.0 Å². The van der Waals surface area contributed by atoms with Crippen LogP contribution in [0.4, 0.5) is 15.8 Å². The Balaban J connectivity index is 1.97. The largest absolute Gasteiger partial charge is 0.396 e. The number of halogens is 1. The Bertz CT molecular complexity index is 727. The molecule has 110 valence electrons. The molecule has 0 spiro atoms. The van der Waals surface area contributed by atoms with E-state index in [0.717, 1.165) is 0 Å². The lowest BCUT2D eigenvalue weighted by Crippen LogP contribution is -2.25. The monoisotopic (exact) mass is 290 g/mol. The highest BCUT2D eigenvalue weighted by atomic mass is 19.1. The van der Waals surface area contributed by atoms with Crippen molar-refractivity contribution in [3.05, 3.63) is 52.2 Å². The van der Waals surface area contributed by atoms with Gasteiger partial charge in [0.15, 0.2) is 0 Å². The second-order valence-corrected chi connectivity index (χ2v) is 4.57. The van der Waals surface area contributed by atoms with Gasteiger partial charge in [0.05, 0.1) is 17.9 Å². The molecule has 2 rings (SSSR count). The number of anilines is 2. The van der Waals surface area contributed by atoms with Gasteiger partial charge in [-0.1, -0.05) is 0 Å². The number of aryl methyl sites for hydroxylation is 2. The molecule has 1 aromatic heterocycles. The van der Waals surface area contributed by atoms with Crippen LogP contribution in [0.1, 0.15) is 12.1 Å². The molecular formula is C14H15FN4O2. The maximum atomic E-state index is 13.0. The van der Waals surface area contributed by atoms with Crippen LogP contribution in [-0.4, -0.2) is 15.7 Å². The smallest absolute Gasteiger partial charge is 0.266 e. The number of nitrogen functional groups attached to an aromatic ring is 1. The molecule has 7 heteroatoms. The van der Waals surface area contributed by atoms with Gasteiger partial charge in [-0.05, 0) is 31.2 Å². The summed E-state index contributed by atoms with van der Waals surface area (Å²) >= 11 is 0. The van der Waals surface area contributed by atoms with E-state index in [-0.39, 0.29) is 30.1 Å². The lowest BCUT2D eigenvalue weighted by molar-refractivity contribution is -0.116. The van der Waals surface area contributed by atoms with Crippen molar-refractivity contribution in [1.29, 1.82) is 0 Å². The average Bonchev–Trinajstić information content (AvgIpc) is 2.44. The van der Waals surface area contributed by atoms with Gasteiger partial charge in [0.25, 0.3) is 5.56 Å². The summed E-state index contributed by atoms with van der Waals surface area (Å²) < 4.78 is 14.2. The minimum absolute atomic E-state index is 0.0376. The lowest BCUT2D eigenvalue weighted by atomic mass is 10.2. The van der Waals surface area contributed by atoms with Gasteiger partial charge in [-0.15, -0.1) is 0 Å². The fourth-order valence-corrected chi connectivity index (χ4v) is 1.76. The van der Waals surface area contributed by atoms with Gasteiger partial charge in [0, 0.05) is 18.2 Å². The Morgan fingerprint density at radius 2 is 2.14 bits per heavy atom. The number of amides is 1. The maximum Gasteiger partial charge on any atom is 0.266 e. The number of hydrogen-bond acceptors (Lipinski definition) is 4. The third-order valence-electron chi connectivity index (χ3n) is 2.83. The SMILES string of the molecule is Cc1ccc(=O)n(CCC(=O)Nc2ccc(F)c(N)c2)n1. The number of nitrogens with one attached hydrogen (secondary N) is 1. The molecule has 6 nitrogen and oxygen atoms in total. The molecule has 0 radical (unpaired) electrons. The van der Waals surface area contributed by atoms with E-state index < -0.39 is 5.82 Å². The van der Waals surface area contributed by atoms with E-state index in [9.17, 15) is 14.0 Å². The molecule has 2 aromatic rings. The van der Waals surface area contributed by atoms with Gasteiger partial charge < -0.3 is 11.1 Å². The molecule has 21 heavy (non-hydrogen) atoms. The first-order valence-electron chi connectivity index (χ1n) is 6.35. The molecule has 0 aliphatic carbocycles. The van der Waals surface area contributed by atoms with Crippen molar-refractivity contribution < 1.29 is 9.18 Å². The highest BCUT2D eigenvalue weighted by Crippen LogP contribution is 2.16. The third kappa shape index (κ3) is 3.88. The Hall–Kier alpha value is -2.70. The van der Waals surface area contributed by atoms with Gasteiger partial charge >= 0.3 is 0 Å². The zero-order valence-electron chi connectivity index (χ0n) is 11.5. The molecule has 0 saturated heterocycles. The summed E-state index contributed by atoms with van der Waals surface area (Å²) in [6.45, 7) is 1.93. The van der Waals surface area contributed by atoms with Gasteiger partial charge in [-0.2, -0.15) is 5.10 Å². The van der Waals surface area contributed by atoms with Gasteiger partial charge in [0.2, 0.25) is 5.91 Å². The summed E-state index contributed by atoms with van der Waals surface area (Å²) in [5.41, 5.74) is 6.22. The van der Waals surface area contributed by atoms with E-state index >= 15 is 0 Å². The zero-order valence-corrected chi connectivity index (χ0v) is 11.5. The van der Waals surface area contributed by atoms with Crippen molar-refractivity contribution in [3.8, 4) is 0 Å². The molecule has 1 aromatic carbocycles. The minimum Gasteiger partial charge on any atom is -0.396 e. The predicted molar refractivity (Wildman–Crippen MR) is 77.3 cm³/mol. The van der Waals surface area contributed by atoms with Crippen LogP contribution in [0, 0.1) is 12.7 Å². The topological polar surface area (TPSA) is 90.0 Å². The number of hydrogen-bond donors (Lipinski definition) is 2. The number of nitrogens with two attached hydrogens (primary N) is 1. The quantitative estimate of drug-likeness (QED) is 0.830. The van der Waals surface area contributed by atoms with Crippen molar-refractivity contribution in [2.24, 2.45) is 0 Å². The van der Waals surface area contributed by atoms with Crippen LogP contribution >= 0.6 is 0 Å². The number of benzene rings is 1. The van der Waals surface area contributed by atoms with Crippen LogP contribution in [0.15, 0.2) is 35.1 Å². The molecule has 0 fully saturated rings. The fraction of sp³-hybridized carbons (Fsp3) is 0.214. The van der Waals surface area contributed by atoms with Gasteiger partial charge in [-0.3, -0.25) is 9.59 Å². The van der Waals surface area contributed by atoms with Crippen molar-refractivity contribution in [2.45, 2.75) is 19.9 Å². The highest BCUT2D eigenvalue weighted by molar-refractivity contribution is 5.91. The van der Waals surface area contributed by atoms with Crippen LogP contribution in [0.25, 0.3) is 0 Å². The molecular weight excluding hydrogens is 275 g/mol. The van der Waals surface area contributed by atoms with Gasteiger partial charge in [-0.25, -0.2) is 9.07 Å². The predicted octanol–water partition coefficient (Wildman–Crippen LogP) is 1.30. The molecule has 1 amide bonds. The maximum absolute atomic E-state index is 13.0. The standard InChI is InChI=1S/C14H15FN4O2/c1-9-2-5-14(21)19(18-9)7-6-13(20)17-10-3-4-11(15)12(16)8-10/h2-5,8H,6-7,16H2,1H3,(H,17,20). The molecule has 0 bridgehead atoms. The van der Waals surface area contributed by atoms with Crippen LogP contribution in [-0.2, 0) is 11.3 Å². The van der Waals surface area contributed by atoms with Crippen molar-refractivity contribution in [2.75, 3.05) is 11.1 Å². The second-order valence-electron chi connectivity index (χ2n) is 4.57. The first-order chi connectivity index (χ1) is 9.95. The summed E-state index contributed by atoms with van der Waals surface area (Å²) in [6, 6.07) is 6.95. The molecule has 1 heterocycles. The number of nitrogens with zero attached hydrogens (tertiary/aromatic N) is 2. The lowest BCUT2D eigenvalue weighted by Gasteiger charge is -2.07. The summed E-state index contributed by atoms with van der Waals surface area (Å²) in [4.78, 5) is 23.3. The van der Waals surface area contributed by atoms with Crippen molar-refractivity contribution in [1.82, 2.24) is 9.78 Å². The normalized spacial score (nSPS) is 10.4. The van der Waals surface area contributed by atoms with Crippen LogP contribution in [0.3, 0.4) is 0 Å². The van der Waals surface area contributed by atoms with Gasteiger partial charge in [0.1, 0.15) is 5.82 Å². The summed E-state index contributed by atoms with van der Waals surface area (Å²) in [5, 5.41) is 6.62. The van der Waals surface area contributed by atoms with Crippen molar-refractivity contribution >= 4 is 17.3 Å². The summed E-state index contributed by atoms with van der Waals surface area (Å²) in [7, 11) is 0. The number of aromatic nitrogens is 2. The second kappa shape index (κ2) is 6.17. The number of carbonyl (C=O) groups excluding carboxylic acids is 1. The number of carbonyl (C=O) groups is 1. The molecule has 0 saturated carbocycles. The number of rotatable bonds is 4. The van der Waals surface area contributed by atoms with E-state index in [1.807, 2.05) is 0 Å². The van der Waals surface area contributed by atoms with Crippen LogP contribution < -0.4 is 16.6 Å². The first kappa shape index (κ1) is 14.7. The first-order valence-corrected chi connectivity index (χ1v) is 6.35. The molecule has 3 N–H and O–H groups in total. The molecule has 0 unspecified atom stereocenters. The van der Waals surface area contributed by atoms with E-state index in [0.29, 0.717) is 11.4 Å². The molecule has 0 aliphatic heterocycles. The highest BCUT2D eigenvalue weighted by Gasteiger charge is 2.06. The zero-order chi connectivity index (χ0) is 15.4. The fourth-order valence-electron chi connectivity index (χ4n) is 1.76. The third-order valence-corrected chi connectivity index (χ3v) is 2.83. The molecule has 0 aliphatic rings. The Morgan fingerprint density at radius 3 is 2.86 bits per heavy atom. The van der Waals surface area contributed by atoms with E-state index in [2.05, 4.69) is 10.4 Å².